The number of hydrogen-bond acceptors (Lipinski definition) is 4. The van der Waals surface area contributed by atoms with Gasteiger partial charge in [0.1, 0.15) is 5.82 Å². The number of likely N-dealkylation sites (N-methyl/N-ethyl adjacent to an activating group) is 1. The predicted molar refractivity (Wildman–Crippen MR) is 82.6 cm³/mol. The van der Waals surface area contributed by atoms with Gasteiger partial charge in [-0.1, -0.05) is 0 Å². The molecule has 3 N–H and O–H groups in total. The molecule has 0 aromatic heterocycles. The number of nitrogens with two attached hydrogens (primary N) is 1. The predicted octanol–water partition coefficient (Wildman–Crippen LogP) is 1.37. The van der Waals surface area contributed by atoms with Crippen LogP contribution in [0.15, 0.2) is 18.2 Å². The highest BCUT2D eigenvalue weighted by Crippen LogP contribution is 2.17. The van der Waals surface area contributed by atoms with Crippen molar-refractivity contribution in [2.45, 2.75) is 19.4 Å². The first-order valence-corrected chi connectivity index (χ1v) is 7.23. The molecule has 5 nitrogen and oxygen atoms in total. The third-order valence-electron chi connectivity index (χ3n) is 3.86. The molecule has 1 aliphatic rings. The Bertz CT molecular complexity index is 508. The number of rotatable bonds is 4. The minimum absolute atomic E-state index is 0.145. The molecule has 116 valence electrons. The number of carbonyl (C=O) groups is 1. The van der Waals surface area contributed by atoms with Crippen LogP contribution in [0.5, 0.6) is 0 Å². The van der Waals surface area contributed by atoms with E-state index in [0.717, 1.165) is 19.6 Å². The van der Waals surface area contributed by atoms with Crippen LogP contribution in [0.25, 0.3) is 0 Å². The van der Waals surface area contributed by atoms with Crippen LogP contribution in [0.2, 0.25) is 0 Å². The molecular formula is C15H23FN4O. The lowest BCUT2D eigenvalue weighted by atomic mass is 10.2. The third kappa shape index (κ3) is 4.41. The van der Waals surface area contributed by atoms with Gasteiger partial charge in [-0.15, -0.1) is 0 Å². The molecule has 0 bridgehead atoms. The minimum atomic E-state index is -0.467. The number of carbonyl (C=O) groups excluding carboxylic acids is 1. The Balaban J connectivity index is 1.83. The van der Waals surface area contributed by atoms with E-state index in [0.29, 0.717) is 24.7 Å². The van der Waals surface area contributed by atoms with Crippen molar-refractivity contribution in [3.05, 3.63) is 24.0 Å². The first kappa shape index (κ1) is 15.7. The Morgan fingerprint density at radius 2 is 2.24 bits per heavy atom. The zero-order valence-corrected chi connectivity index (χ0v) is 12.6. The standard InChI is InChI=1S/C15H23FN4O/c1-11-10-19(2)7-8-20(11)6-5-15(21)18-14-9-12(17)3-4-13(14)16/h3-4,9,11H,5-8,10,17H2,1-2H3,(H,18,21). The Kier molecular flexibility index (Phi) is 5.14. The molecule has 0 spiro atoms. The molecule has 0 radical (unpaired) electrons. The number of nitrogens with one attached hydrogen (secondary N) is 1. The van der Waals surface area contributed by atoms with Crippen molar-refractivity contribution in [1.29, 1.82) is 0 Å². The monoisotopic (exact) mass is 294 g/mol. The smallest absolute Gasteiger partial charge is 0.225 e. The van der Waals surface area contributed by atoms with Gasteiger partial charge in [0.15, 0.2) is 0 Å². The van der Waals surface area contributed by atoms with Gasteiger partial charge < -0.3 is 16.0 Å². The highest BCUT2D eigenvalue weighted by molar-refractivity contribution is 5.91. The molecule has 1 unspecified atom stereocenters. The van der Waals surface area contributed by atoms with Crippen LogP contribution >= 0.6 is 0 Å². The number of hydrogen-bond donors (Lipinski definition) is 2. The van der Waals surface area contributed by atoms with E-state index < -0.39 is 5.82 Å². The summed E-state index contributed by atoms with van der Waals surface area (Å²) in [5, 5.41) is 2.58. The van der Waals surface area contributed by atoms with Gasteiger partial charge in [0, 0.05) is 44.3 Å². The summed E-state index contributed by atoms with van der Waals surface area (Å²) in [6.45, 7) is 5.81. The van der Waals surface area contributed by atoms with E-state index in [1.54, 1.807) is 0 Å². The average Bonchev–Trinajstić information content (AvgIpc) is 2.42. The van der Waals surface area contributed by atoms with Crippen molar-refractivity contribution >= 4 is 17.3 Å². The molecule has 1 heterocycles. The highest BCUT2D eigenvalue weighted by Gasteiger charge is 2.21. The first-order valence-electron chi connectivity index (χ1n) is 7.23. The fourth-order valence-corrected chi connectivity index (χ4v) is 2.61. The lowest BCUT2D eigenvalue weighted by Gasteiger charge is -2.38. The van der Waals surface area contributed by atoms with Crippen molar-refractivity contribution < 1.29 is 9.18 Å². The SMILES string of the molecule is CC1CN(C)CCN1CCC(=O)Nc1cc(N)ccc1F. The van der Waals surface area contributed by atoms with E-state index in [1.165, 1.54) is 18.2 Å². The molecule has 0 saturated carbocycles. The van der Waals surface area contributed by atoms with Crippen LogP contribution in [0.1, 0.15) is 13.3 Å². The third-order valence-corrected chi connectivity index (χ3v) is 3.86. The number of piperazine rings is 1. The minimum Gasteiger partial charge on any atom is -0.399 e. The fraction of sp³-hybridized carbons (Fsp3) is 0.533. The summed E-state index contributed by atoms with van der Waals surface area (Å²) in [6.07, 6.45) is 0.349. The van der Waals surface area contributed by atoms with Gasteiger partial charge in [-0.2, -0.15) is 0 Å². The van der Waals surface area contributed by atoms with Crippen LogP contribution in [0, 0.1) is 5.82 Å². The van der Waals surface area contributed by atoms with E-state index in [2.05, 4.69) is 29.1 Å². The molecule has 0 aliphatic carbocycles. The Morgan fingerprint density at radius 1 is 1.48 bits per heavy atom. The summed E-state index contributed by atoms with van der Waals surface area (Å²) in [5.74, 6) is -0.656. The molecule has 1 saturated heterocycles. The Labute approximate surface area is 124 Å². The lowest BCUT2D eigenvalue weighted by Crippen LogP contribution is -2.50. The van der Waals surface area contributed by atoms with E-state index in [4.69, 9.17) is 5.73 Å². The molecule has 21 heavy (non-hydrogen) atoms. The van der Waals surface area contributed by atoms with Gasteiger partial charge in [0.2, 0.25) is 5.91 Å². The van der Waals surface area contributed by atoms with E-state index in [1.807, 2.05) is 0 Å². The van der Waals surface area contributed by atoms with Gasteiger partial charge >= 0.3 is 0 Å². The maximum Gasteiger partial charge on any atom is 0.225 e. The fourth-order valence-electron chi connectivity index (χ4n) is 2.61. The van der Waals surface area contributed by atoms with Gasteiger partial charge in [-0.25, -0.2) is 4.39 Å². The number of benzene rings is 1. The number of anilines is 2. The molecule has 1 fully saturated rings. The quantitative estimate of drug-likeness (QED) is 0.824. The van der Waals surface area contributed by atoms with E-state index >= 15 is 0 Å². The second kappa shape index (κ2) is 6.87. The molecule has 2 rings (SSSR count). The number of halogens is 1. The topological polar surface area (TPSA) is 61.6 Å². The molecule has 1 aromatic carbocycles. The van der Waals surface area contributed by atoms with Crippen LogP contribution in [-0.2, 0) is 4.79 Å². The lowest BCUT2D eigenvalue weighted by molar-refractivity contribution is -0.116. The zero-order valence-electron chi connectivity index (χ0n) is 12.6. The Morgan fingerprint density at radius 3 is 2.95 bits per heavy atom. The summed E-state index contributed by atoms with van der Waals surface area (Å²) in [7, 11) is 2.10. The summed E-state index contributed by atoms with van der Waals surface area (Å²) in [6, 6.07) is 4.59. The largest absolute Gasteiger partial charge is 0.399 e. The molecule has 6 heteroatoms. The van der Waals surface area contributed by atoms with Gasteiger partial charge in [0.25, 0.3) is 0 Å². The zero-order chi connectivity index (χ0) is 15.4. The van der Waals surface area contributed by atoms with Gasteiger partial charge in [-0.05, 0) is 32.2 Å². The molecular weight excluding hydrogens is 271 g/mol. The van der Waals surface area contributed by atoms with Crippen molar-refractivity contribution in [1.82, 2.24) is 9.80 Å². The normalized spacial score (nSPS) is 20.4. The van der Waals surface area contributed by atoms with Crippen molar-refractivity contribution in [2.24, 2.45) is 0 Å². The summed E-state index contributed by atoms with van der Waals surface area (Å²) < 4.78 is 13.5. The summed E-state index contributed by atoms with van der Waals surface area (Å²) >= 11 is 0. The highest BCUT2D eigenvalue weighted by atomic mass is 19.1. The maximum absolute atomic E-state index is 13.5. The summed E-state index contributed by atoms with van der Waals surface area (Å²) in [4.78, 5) is 16.5. The van der Waals surface area contributed by atoms with Crippen LogP contribution < -0.4 is 11.1 Å². The van der Waals surface area contributed by atoms with E-state index in [-0.39, 0.29) is 11.6 Å². The maximum atomic E-state index is 13.5. The second-order valence-electron chi connectivity index (χ2n) is 5.68. The van der Waals surface area contributed by atoms with Crippen molar-refractivity contribution in [2.75, 3.05) is 44.3 Å². The van der Waals surface area contributed by atoms with E-state index in [9.17, 15) is 9.18 Å². The molecule has 1 aromatic rings. The van der Waals surface area contributed by atoms with Gasteiger partial charge in [-0.3, -0.25) is 9.69 Å². The van der Waals surface area contributed by atoms with Crippen LogP contribution in [0.3, 0.4) is 0 Å². The number of nitrogen functional groups attached to an aromatic ring is 1. The van der Waals surface area contributed by atoms with Crippen molar-refractivity contribution in [3.8, 4) is 0 Å². The number of nitrogens with zero attached hydrogens (tertiary/aromatic N) is 2. The molecule has 1 atom stereocenters. The van der Waals surface area contributed by atoms with Crippen molar-refractivity contribution in [3.63, 3.8) is 0 Å². The first-order chi connectivity index (χ1) is 9.95. The second-order valence-corrected chi connectivity index (χ2v) is 5.68. The number of amides is 1. The summed E-state index contributed by atoms with van der Waals surface area (Å²) in [5.41, 5.74) is 6.17. The molecule has 1 aliphatic heterocycles. The Hall–Kier alpha value is -1.66. The average molecular weight is 294 g/mol. The van der Waals surface area contributed by atoms with Crippen LogP contribution in [0.4, 0.5) is 15.8 Å². The van der Waals surface area contributed by atoms with Crippen LogP contribution in [-0.4, -0.2) is 55.0 Å². The van der Waals surface area contributed by atoms with Gasteiger partial charge in [0.05, 0.1) is 5.69 Å². The molecule has 1 amide bonds.